The molecule has 0 aliphatic carbocycles. The highest BCUT2D eigenvalue weighted by Crippen LogP contribution is 2.23. The van der Waals surface area contributed by atoms with Gasteiger partial charge in [0.25, 0.3) is 5.91 Å². The number of aliphatic imine (C=N–C) groups is 1. The van der Waals surface area contributed by atoms with Crippen molar-refractivity contribution in [2.24, 2.45) is 17.8 Å². The number of carbonyl (C=O) groups is 3. The number of anilines is 2. The predicted octanol–water partition coefficient (Wildman–Crippen LogP) is 5.80. The summed E-state index contributed by atoms with van der Waals surface area (Å²) in [6, 6.07) is 17.3. The number of rotatable bonds is 15. The van der Waals surface area contributed by atoms with Crippen LogP contribution in [0.4, 0.5) is 16.3 Å². The number of esters is 1. The number of ether oxygens (including phenoxy) is 2. The Morgan fingerprint density at radius 1 is 1.02 bits per heavy atom. The van der Waals surface area contributed by atoms with E-state index in [1.165, 1.54) is 4.90 Å². The maximum absolute atomic E-state index is 13.8. The Balaban J connectivity index is 1.40. The molecule has 12 heteroatoms. The van der Waals surface area contributed by atoms with Crippen molar-refractivity contribution in [3.8, 4) is 0 Å². The molecule has 0 aliphatic rings. The number of nitrogens with zero attached hydrogens (tertiary/aromatic N) is 5. The molecule has 1 atom stereocenters. The Morgan fingerprint density at radius 3 is 2.51 bits per heavy atom. The van der Waals surface area contributed by atoms with Crippen LogP contribution < -0.4 is 16.0 Å². The maximum Gasteiger partial charge on any atom is 0.435 e. The number of hydrogen-bond donors (Lipinski definition) is 2. The van der Waals surface area contributed by atoms with Gasteiger partial charge in [-0.2, -0.15) is 4.99 Å². The third-order valence-electron chi connectivity index (χ3n) is 7.60. The molecule has 0 saturated heterocycles. The van der Waals surface area contributed by atoms with Crippen LogP contribution in [-0.4, -0.2) is 57.6 Å². The highest BCUT2D eigenvalue weighted by molar-refractivity contribution is 6.10. The van der Waals surface area contributed by atoms with Crippen molar-refractivity contribution in [2.45, 2.75) is 65.5 Å². The molecule has 2 aromatic heterocycles. The van der Waals surface area contributed by atoms with Crippen LogP contribution in [0.25, 0.3) is 11.0 Å². The second kappa shape index (κ2) is 16.9. The number of hydrogen-bond acceptors (Lipinski definition) is 8. The minimum absolute atomic E-state index is 0.195. The van der Waals surface area contributed by atoms with Gasteiger partial charge in [-0.05, 0) is 68.3 Å². The third kappa shape index (κ3) is 9.38. The quantitative estimate of drug-likeness (QED) is 0.0710. The average Bonchev–Trinajstić information content (AvgIpc) is 3.39. The second-order valence-corrected chi connectivity index (χ2v) is 11.1. The van der Waals surface area contributed by atoms with Gasteiger partial charge in [-0.3, -0.25) is 9.69 Å². The van der Waals surface area contributed by atoms with E-state index in [1.54, 1.807) is 50.4 Å². The van der Waals surface area contributed by atoms with Crippen molar-refractivity contribution in [2.75, 3.05) is 23.4 Å². The van der Waals surface area contributed by atoms with E-state index in [2.05, 4.69) is 22.2 Å². The molecule has 248 valence electrons. The van der Waals surface area contributed by atoms with Crippen molar-refractivity contribution >= 4 is 46.3 Å². The second-order valence-electron chi connectivity index (χ2n) is 11.1. The molecule has 2 amide bonds. The summed E-state index contributed by atoms with van der Waals surface area (Å²) in [6.07, 6.45) is 5.31. The van der Waals surface area contributed by atoms with E-state index < -0.39 is 18.1 Å². The first kappa shape index (κ1) is 34.6. The first-order valence-corrected chi connectivity index (χ1v) is 15.9. The van der Waals surface area contributed by atoms with Gasteiger partial charge >= 0.3 is 12.1 Å². The van der Waals surface area contributed by atoms with Gasteiger partial charge in [0.1, 0.15) is 23.5 Å². The van der Waals surface area contributed by atoms with Crippen LogP contribution >= 0.6 is 0 Å². The fourth-order valence-electron chi connectivity index (χ4n) is 5.03. The zero-order valence-electron chi connectivity index (χ0n) is 27.4. The van der Waals surface area contributed by atoms with Gasteiger partial charge in [-0.1, -0.05) is 44.4 Å². The van der Waals surface area contributed by atoms with Crippen molar-refractivity contribution < 1.29 is 23.9 Å². The molecule has 3 N–H and O–H groups in total. The summed E-state index contributed by atoms with van der Waals surface area (Å²) < 4.78 is 12.3. The van der Waals surface area contributed by atoms with Crippen molar-refractivity contribution in [1.29, 1.82) is 0 Å². The molecular formula is C35H43N7O5. The van der Waals surface area contributed by atoms with Gasteiger partial charge in [-0.25, -0.2) is 19.6 Å². The van der Waals surface area contributed by atoms with Crippen LogP contribution in [0, 0.1) is 0 Å². The zero-order valence-corrected chi connectivity index (χ0v) is 27.4. The minimum Gasteiger partial charge on any atom is -0.464 e. The molecule has 47 heavy (non-hydrogen) atoms. The van der Waals surface area contributed by atoms with Crippen molar-refractivity contribution in [3.63, 3.8) is 0 Å². The molecule has 12 nitrogen and oxygen atoms in total. The minimum atomic E-state index is -0.881. The van der Waals surface area contributed by atoms with E-state index in [9.17, 15) is 14.4 Å². The lowest BCUT2D eigenvalue weighted by molar-refractivity contribution is -0.144. The number of nitrogens with two attached hydrogens (primary N) is 1. The van der Waals surface area contributed by atoms with Crippen LogP contribution in [0.15, 0.2) is 71.9 Å². The number of aromatic nitrogens is 3. The van der Waals surface area contributed by atoms with Gasteiger partial charge in [0.05, 0.1) is 30.8 Å². The fraction of sp³-hybridized carbons (Fsp3) is 0.371. The number of unbranched alkanes of at least 4 members (excludes halogenated alkanes) is 3. The molecule has 0 spiro atoms. The van der Waals surface area contributed by atoms with Crippen LogP contribution in [-0.2, 0) is 34.3 Å². The van der Waals surface area contributed by atoms with E-state index >= 15 is 0 Å². The van der Waals surface area contributed by atoms with Gasteiger partial charge in [0.15, 0.2) is 0 Å². The SMILES string of the molecule is CCCCCCOC(=O)/N=C(\N)Cc1ccc(NCc2nc3cc(C(=O)N(c4ccccn4)C(C)C(=O)OCC)ccc3n2C)cc1. The van der Waals surface area contributed by atoms with E-state index in [0.29, 0.717) is 36.5 Å². The third-order valence-corrected chi connectivity index (χ3v) is 7.60. The monoisotopic (exact) mass is 641 g/mol. The zero-order chi connectivity index (χ0) is 33.8. The lowest BCUT2D eigenvalue weighted by Crippen LogP contribution is -2.44. The predicted molar refractivity (Wildman–Crippen MR) is 182 cm³/mol. The number of fused-ring (bicyclic) bond motifs is 1. The standard InChI is InChI=1S/C35H43N7O5/c1-5-7-8-11-20-47-35(45)40-30(36)21-25-13-16-27(17-14-25)38-23-32-39-28-22-26(15-18-29(28)41(32)4)33(43)42(24(3)34(44)46-6-2)31-12-9-10-19-37-31/h9-10,12-19,22,24,38H,5-8,11,20-21,23H2,1-4H3,(H2,36,40,45). The Labute approximate surface area is 275 Å². The number of nitrogens with one attached hydrogen (secondary N) is 1. The molecule has 2 aromatic carbocycles. The highest BCUT2D eigenvalue weighted by atomic mass is 16.5. The topological polar surface area (TPSA) is 154 Å². The van der Waals surface area contributed by atoms with Crippen molar-refractivity contribution in [3.05, 3.63) is 83.8 Å². The van der Waals surface area contributed by atoms with E-state index in [1.807, 2.05) is 41.9 Å². The first-order valence-electron chi connectivity index (χ1n) is 15.9. The van der Waals surface area contributed by atoms with Gasteiger partial charge in [0.2, 0.25) is 0 Å². The van der Waals surface area contributed by atoms with Crippen LogP contribution in [0.5, 0.6) is 0 Å². The van der Waals surface area contributed by atoms with Crippen molar-refractivity contribution in [1.82, 2.24) is 14.5 Å². The molecule has 0 fully saturated rings. The molecule has 0 bridgehead atoms. The summed E-state index contributed by atoms with van der Waals surface area (Å²) in [5, 5.41) is 3.38. The number of carbonyl (C=O) groups excluding carboxylic acids is 3. The number of benzene rings is 2. The van der Waals surface area contributed by atoms with Gasteiger partial charge in [0, 0.05) is 30.9 Å². The summed E-state index contributed by atoms with van der Waals surface area (Å²) in [4.78, 5) is 52.5. The largest absolute Gasteiger partial charge is 0.464 e. The van der Waals surface area contributed by atoms with Gasteiger partial charge < -0.3 is 25.1 Å². The number of amidine groups is 1. The smallest absolute Gasteiger partial charge is 0.435 e. The number of aryl methyl sites for hydroxylation is 1. The first-order chi connectivity index (χ1) is 22.7. The molecule has 0 saturated carbocycles. The maximum atomic E-state index is 13.8. The van der Waals surface area contributed by atoms with Crippen LogP contribution in [0.3, 0.4) is 0 Å². The molecule has 4 aromatic rings. The lowest BCUT2D eigenvalue weighted by Gasteiger charge is -2.27. The van der Waals surface area contributed by atoms with E-state index in [4.69, 9.17) is 20.2 Å². The molecule has 1 unspecified atom stereocenters. The van der Waals surface area contributed by atoms with E-state index in [0.717, 1.165) is 48.3 Å². The molecule has 2 heterocycles. The van der Waals surface area contributed by atoms with E-state index in [-0.39, 0.29) is 18.3 Å². The Kier molecular flexibility index (Phi) is 12.4. The molecule has 0 aliphatic heterocycles. The Hall–Kier alpha value is -5.26. The fourth-order valence-corrected chi connectivity index (χ4v) is 5.03. The Bertz CT molecular complexity index is 1690. The normalized spacial score (nSPS) is 12.0. The molecular weight excluding hydrogens is 598 g/mol. The highest BCUT2D eigenvalue weighted by Gasteiger charge is 2.30. The average molecular weight is 642 g/mol. The van der Waals surface area contributed by atoms with Gasteiger partial charge in [-0.15, -0.1) is 0 Å². The summed E-state index contributed by atoms with van der Waals surface area (Å²) in [7, 11) is 1.91. The lowest BCUT2D eigenvalue weighted by atomic mass is 10.1. The number of pyridine rings is 1. The number of imidazole rings is 1. The Morgan fingerprint density at radius 2 is 1.81 bits per heavy atom. The summed E-state index contributed by atoms with van der Waals surface area (Å²) in [5.74, 6) is 0.402. The molecule has 4 rings (SSSR count). The summed E-state index contributed by atoms with van der Waals surface area (Å²) >= 11 is 0. The number of amides is 2. The summed E-state index contributed by atoms with van der Waals surface area (Å²) in [6.45, 7) is 6.45. The molecule has 0 radical (unpaired) electrons. The summed E-state index contributed by atoms with van der Waals surface area (Å²) in [5.41, 5.74) is 9.62. The van der Waals surface area contributed by atoms with Crippen LogP contribution in [0.1, 0.15) is 68.2 Å². The van der Waals surface area contributed by atoms with Crippen LogP contribution in [0.2, 0.25) is 0 Å².